The minimum atomic E-state index is -0.239. The monoisotopic (exact) mass is 335 g/mol. The number of benzene rings is 2. The van der Waals surface area contributed by atoms with Crippen LogP contribution in [0.25, 0.3) is 16.3 Å². The maximum atomic E-state index is 12.1. The van der Waals surface area contributed by atoms with Crippen LogP contribution in [0.2, 0.25) is 0 Å². The van der Waals surface area contributed by atoms with Crippen molar-refractivity contribution in [2.45, 2.75) is 0 Å². The average molecular weight is 335 g/mol. The SMILES string of the molecule is Nc1ccc(NC2=N/C(=C\c3ccc4ncsc4c3)C(=O)N2)cc1. The van der Waals surface area contributed by atoms with E-state index in [1.807, 2.05) is 30.3 Å². The number of carbonyl (C=O) groups is 1. The number of hydrogen-bond acceptors (Lipinski definition) is 6. The second-order valence-electron chi connectivity index (χ2n) is 5.27. The number of nitrogens with two attached hydrogens (primary N) is 1. The fourth-order valence-corrected chi connectivity index (χ4v) is 3.08. The molecule has 1 aliphatic heterocycles. The average Bonchev–Trinajstić information content (AvgIpc) is 3.16. The fraction of sp³-hybridized carbons (Fsp3) is 0. The van der Waals surface area contributed by atoms with Gasteiger partial charge in [-0.15, -0.1) is 11.3 Å². The van der Waals surface area contributed by atoms with Gasteiger partial charge >= 0.3 is 0 Å². The summed E-state index contributed by atoms with van der Waals surface area (Å²) in [4.78, 5) is 20.6. The first-order valence-corrected chi connectivity index (χ1v) is 8.13. The lowest BCUT2D eigenvalue weighted by Crippen LogP contribution is -2.29. The van der Waals surface area contributed by atoms with Crippen molar-refractivity contribution in [1.29, 1.82) is 0 Å². The van der Waals surface area contributed by atoms with E-state index in [0.717, 1.165) is 21.5 Å². The zero-order chi connectivity index (χ0) is 16.5. The molecule has 1 aromatic heterocycles. The van der Waals surface area contributed by atoms with Crippen LogP contribution in [-0.2, 0) is 4.79 Å². The predicted molar refractivity (Wildman–Crippen MR) is 97.7 cm³/mol. The molecule has 1 amide bonds. The molecule has 0 spiro atoms. The largest absolute Gasteiger partial charge is 0.399 e. The number of nitrogen functional groups attached to an aromatic ring is 1. The Morgan fingerprint density at radius 1 is 1.17 bits per heavy atom. The van der Waals surface area contributed by atoms with Gasteiger partial charge in [0, 0.05) is 11.4 Å². The molecule has 0 unspecified atom stereocenters. The number of aliphatic imine (C=N–C) groups is 1. The molecule has 118 valence electrons. The maximum Gasteiger partial charge on any atom is 0.276 e. The van der Waals surface area contributed by atoms with Gasteiger partial charge in [0.15, 0.2) is 0 Å². The topological polar surface area (TPSA) is 92.4 Å². The number of aromatic nitrogens is 1. The van der Waals surface area contributed by atoms with Crippen LogP contribution in [0.5, 0.6) is 0 Å². The zero-order valence-corrected chi connectivity index (χ0v) is 13.3. The summed E-state index contributed by atoms with van der Waals surface area (Å²) in [6.07, 6.45) is 1.76. The molecule has 1 aliphatic rings. The summed E-state index contributed by atoms with van der Waals surface area (Å²) >= 11 is 1.56. The molecule has 0 atom stereocenters. The van der Waals surface area contributed by atoms with Crippen molar-refractivity contribution in [3.63, 3.8) is 0 Å². The summed E-state index contributed by atoms with van der Waals surface area (Å²) in [7, 11) is 0. The molecule has 0 saturated heterocycles. The van der Waals surface area contributed by atoms with Crippen LogP contribution in [-0.4, -0.2) is 16.9 Å². The molecule has 0 aliphatic carbocycles. The second-order valence-corrected chi connectivity index (χ2v) is 6.16. The van der Waals surface area contributed by atoms with Crippen LogP contribution in [0.4, 0.5) is 11.4 Å². The standard InChI is InChI=1S/C17H13N5OS/c18-11-2-4-12(5-3-11)20-17-21-14(16(23)22-17)7-10-1-6-13-15(8-10)24-9-19-13/h1-9H,18H2,(H2,20,21,22,23)/b14-7-. The van der Waals surface area contributed by atoms with E-state index >= 15 is 0 Å². The zero-order valence-electron chi connectivity index (χ0n) is 12.5. The Hall–Kier alpha value is -3.19. The van der Waals surface area contributed by atoms with E-state index in [1.54, 1.807) is 35.1 Å². The van der Waals surface area contributed by atoms with Gasteiger partial charge in [0.2, 0.25) is 5.96 Å². The van der Waals surface area contributed by atoms with E-state index in [1.165, 1.54) is 0 Å². The third kappa shape index (κ3) is 2.84. The summed E-state index contributed by atoms with van der Waals surface area (Å²) in [5.41, 5.74) is 11.2. The molecule has 7 heteroatoms. The normalized spacial score (nSPS) is 15.6. The molecular formula is C17H13N5OS. The third-order valence-electron chi connectivity index (χ3n) is 3.53. The first-order chi connectivity index (χ1) is 11.7. The van der Waals surface area contributed by atoms with Crippen LogP contribution in [0.1, 0.15) is 5.56 Å². The Bertz CT molecular complexity index is 988. The highest BCUT2D eigenvalue weighted by atomic mass is 32.1. The molecule has 6 nitrogen and oxygen atoms in total. The van der Waals surface area contributed by atoms with Crippen LogP contribution in [0, 0.1) is 0 Å². The number of nitrogens with zero attached hydrogens (tertiary/aromatic N) is 2. The van der Waals surface area contributed by atoms with Gasteiger partial charge in [-0.25, -0.2) is 9.98 Å². The van der Waals surface area contributed by atoms with Crippen LogP contribution < -0.4 is 16.4 Å². The second kappa shape index (κ2) is 5.78. The maximum absolute atomic E-state index is 12.1. The molecule has 0 radical (unpaired) electrons. The molecule has 3 aromatic rings. The van der Waals surface area contributed by atoms with Crippen molar-refractivity contribution in [3.8, 4) is 0 Å². The van der Waals surface area contributed by atoms with Crippen molar-refractivity contribution >= 4 is 50.9 Å². The van der Waals surface area contributed by atoms with Crippen LogP contribution in [0.15, 0.2) is 58.7 Å². The quantitative estimate of drug-likeness (QED) is 0.496. The van der Waals surface area contributed by atoms with Gasteiger partial charge in [0.1, 0.15) is 5.70 Å². The number of guanidine groups is 1. The number of hydrogen-bond donors (Lipinski definition) is 3. The fourth-order valence-electron chi connectivity index (χ4n) is 2.35. The molecule has 2 aromatic carbocycles. The number of carbonyl (C=O) groups excluding carboxylic acids is 1. The highest BCUT2D eigenvalue weighted by Gasteiger charge is 2.20. The van der Waals surface area contributed by atoms with Crippen molar-refractivity contribution in [1.82, 2.24) is 10.3 Å². The molecule has 4 rings (SSSR count). The summed E-state index contributed by atoms with van der Waals surface area (Å²) in [6, 6.07) is 13.0. The first kappa shape index (κ1) is 14.4. The number of anilines is 2. The lowest BCUT2D eigenvalue weighted by Gasteiger charge is -2.04. The van der Waals surface area contributed by atoms with Gasteiger partial charge in [-0.1, -0.05) is 6.07 Å². The highest BCUT2D eigenvalue weighted by Crippen LogP contribution is 2.21. The summed E-state index contributed by atoms with van der Waals surface area (Å²) in [5.74, 6) is 0.159. The Labute approximate surface area is 141 Å². The van der Waals surface area contributed by atoms with Crippen molar-refractivity contribution < 1.29 is 4.79 Å². The number of fused-ring (bicyclic) bond motifs is 1. The summed E-state index contributed by atoms with van der Waals surface area (Å²) in [6.45, 7) is 0. The lowest BCUT2D eigenvalue weighted by molar-refractivity contribution is -0.115. The van der Waals surface area contributed by atoms with E-state index in [-0.39, 0.29) is 5.91 Å². The Morgan fingerprint density at radius 2 is 2.00 bits per heavy atom. The lowest BCUT2D eigenvalue weighted by atomic mass is 10.2. The van der Waals surface area contributed by atoms with Gasteiger partial charge in [0.05, 0.1) is 15.7 Å². The minimum Gasteiger partial charge on any atom is -0.399 e. The van der Waals surface area contributed by atoms with E-state index < -0.39 is 0 Å². The molecule has 0 fully saturated rings. The molecule has 0 saturated carbocycles. The van der Waals surface area contributed by atoms with Gasteiger partial charge in [-0.3, -0.25) is 10.1 Å². The number of thiazole rings is 1. The molecule has 0 bridgehead atoms. The van der Waals surface area contributed by atoms with Crippen molar-refractivity contribution in [3.05, 3.63) is 59.2 Å². The predicted octanol–water partition coefficient (Wildman–Crippen LogP) is 2.82. The van der Waals surface area contributed by atoms with E-state index in [4.69, 9.17) is 5.73 Å². The third-order valence-corrected chi connectivity index (χ3v) is 4.32. The van der Waals surface area contributed by atoms with E-state index in [9.17, 15) is 4.79 Å². The summed E-state index contributed by atoms with van der Waals surface area (Å²) < 4.78 is 1.08. The van der Waals surface area contributed by atoms with E-state index in [2.05, 4.69) is 20.6 Å². The highest BCUT2D eigenvalue weighted by molar-refractivity contribution is 7.16. The molecular weight excluding hydrogens is 322 g/mol. The number of rotatable bonds is 2. The van der Waals surface area contributed by atoms with E-state index in [0.29, 0.717) is 17.3 Å². The minimum absolute atomic E-state index is 0.239. The van der Waals surface area contributed by atoms with Gasteiger partial charge in [-0.05, 0) is 48.0 Å². The molecule has 4 N–H and O–H groups in total. The summed E-state index contributed by atoms with van der Waals surface area (Å²) in [5, 5.41) is 5.76. The van der Waals surface area contributed by atoms with Gasteiger partial charge < -0.3 is 11.1 Å². The van der Waals surface area contributed by atoms with Crippen LogP contribution >= 0.6 is 11.3 Å². The van der Waals surface area contributed by atoms with Crippen LogP contribution in [0.3, 0.4) is 0 Å². The molecule has 24 heavy (non-hydrogen) atoms. The Kier molecular flexibility index (Phi) is 3.47. The smallest absolute Gasteiger partial charge is 0.276 e. The number of nitrogens with one attached hydrogen (secondary N) is 2. The van der Waals surface area contributed by atoms with Crippen molar-refractivity contribution in [2.75, 3.05) is 11.1 Å². The Balaban J connectivity index is 1.59. The molecule has 2 heterocycles. The Morgan fingerprint density at radius 3 is 2.83 bits per heavy atom. The number of amides is 1. The van der Waals surface area contributed by atoms with Crippen molar-refractivity contribution in [2.24, 2.45) is 4.99 Å². The first-order valence-electron chi connectivity index (χ1n) is 7.25. The van der Waals surface area contributed by atoms with Gasteiger partial charge in [0.25, 0.3) is 5.91 Å². The van der Waals surface area contributed by atoms with Gasteiger partial charge in [-0.2, -0.15) is 0 Å².